The number of carbonyl (C=O) groups is 2. The highest BCUT2D eigenvalue weighted by atomic mass is 32.2. The highest BCUT2D eigenvalue weighted by molar-refractivity contribution is 7.89. The van der Waals surface area contributed by atoms with Crippen LogP contribution < -0.4 is 15.4 Å². The lowest BCUT2D eigenvalue weighted by atomic mass is 10.2. The van der Waals surface area contributed by atoms with Crippen LogP contribution in [0, 0.1) is 0 Å². The van der Waals surface area contributed by atoms with Crippen LogP contribution in [-0.4, -0.2) is 71.2 Å². The van der Waals surface area contributed by atoms with Crippen LogP contribution in [0.1, 0.15) is 0 Å². The molecule has 11 heteroatoms. The maximum atomic E-state index is 12.6. The molecule has 1 aliphatic heterocycles. The van der Waals surface area contributed by atoms with E-state index in [1.807, 2.05) is 0 Å². The van der Waals surface area contributed by atoms with Crippen LogP contribution in [-0.2, 0) is 24.3 Å². The molecule has 1 aromatic carbocycles. The average Bonchev–Trinajstić information content (AvgIpc) is 2.90. The summed E-state index contributed by atoms with van der Waals surface area (Å²) in [7, 11) is 0.705. The SMILES string of the molecule is COC(=O)C1=C(Nc2cc(S(N)(=O)=O)ccc2N(C)C)C(=O)N(CCO)C1. The second kappa shape index (κ2) is 7.94. The van der Waals surface area contributed by atoms with E-state index in [4.69, 9.17) is 15.0 Å². The van der Waals surface area contributed by atoms with E-state index in [1.54, 1.807) is 19.0 Å². The predicted octanol–water partition coefficient (Wildman–Crippen LogP) is -0.926. The summed E-state index contributed by atoms with van der Waals surface area (Å²) in [5, 5.41) is 17.1. The van der Waals surface area contributed by atoms with Gasteiger partial charge in [-0.2, -0.15) is 0 Å². The Balaban J connectivity index is 2.54. The molecular formula is C16H22N4O6S. The van der Waals surface area contributed by atoms with Crippen molar-refractivity contribution in [2.75, 3.05) is 51.1 Å². The molecule has 0 saturated heterocycles. The fourth-order valence-electron chi connectivity index (χ4n) is 2.67. The molecule has 1 amide bonds. The lowest BCUT2D eigenvalue weighted by molar-refractivity contribution is -0.136. The van der Waals surface area contributed by atoms with E-state index in [9.17, 15) is 18.0 Å². The minimum Gasteiger partial charge on any atom is -0.466 e. The summed E-state index contributed by atoms with van der Waals surface area (Å²) in [6, 6.07) is 4.17. The normalized spacial score (nSPS) is 14.6. The van der Waals surface area contributed by atoms with Crippen LogP contribution in [0.25, 0.3) is 0 Å². The van der Waals surface area contributed by atoms with Crippen LogP contribution in [0.5, 0.6) is 0 Å². The number of aliphatic hydroxyl groups excluding tert-OH is 1. The van der Waals surface area contributed by atoms with Gasteiger partial charge in [0.05, 0.1) is 42.1 Å². The van der Waals surface area contributed by atoms with E-state index < -0.39 is 21.9 Å². The number of hydrogen-bond acceptors (Lipinski definition) is 8. The van der Waals surface area contributed by atoms with Gasteiger partial charge in [-0.05, 0) is 18.2 Å². The Hall–Kier alpha value is -2.63. The zero-order valence-corrected chi connectivity index (χ0v) is 16.0. The molecule has 0 spiro atoms. The van der Waals surface area contributed by atoms with Gasteiger partial charge in [0.1, 0.15) is 5.70 Å². The van der Waals surface area contributed by atoms with Gasteiger partial charge in [-0.15, -0.1) is 0 Å². The van der Waals surface area contributed by atoms with E-state index in [-0.39, 0.29) is 41.5 Å². The average molecular weight is 398 g/mol. The van der Waals surface area contributed by atoms with Gasteiger partial charge in [-0.1, -0.05) is 0 Å². The molecule has 0 unspecified atom stereocenters. The van der Waals surface area contributed by atoms with Crippen molar-refractivity contribution in [1.82, 2.24) is 4.90 Å². The monoisotopic (exact) mass is 398 g/mol. The molecule has 0 aliphatic carbocycles. The van der Waals surface area contributed by atoms with Crippen molar-refractivity contribution in [3.63, 3.8) is 0 Å². The molecule has 0 saturated carbocycles. The lowest BCUT2D eigenvalue weighted by Crippen LogP contribution is -2.31. The highest BCUT2D eigenvalue weighted by Gasteiger charge is 2.35. The number of nitrogens with two attached hydrogens (primary N) is 1. The quantitative estimate of drug-likeness (QED) is 0.500. The molecule has 0 aromatic heterocycles. The van der Waals surface area contributed by atoms with Gasteiger partial charge < -0.3 is 25.0 Å². The number of hydrogen-bond donors (Lipinski definition) is 3. The zero-order chi connectivity index (χ0) is 20.4. The lowest BCUT2D eigenvalue weighted by Gasteiger charge is -2.20. The van der Waals surface area contributed by atoms with Crippen LogP contribution in [0.4, 0.5) is 11.4 Å². The fourth-order valence-corrected chi connectivity index (χ4v) is 3.21. The van der Waals surface area contributed by atoms with Gasteiger partial charge in [0.25, 0.3) is 5.91 Å². The van der Waals surface area contributed by atoms with Crippen LogP contribution in [0.15, 0.2) is 34.4 Å². The number of primary sulfonamides is 1. The third kappa shape index (κ3) is 4.38. The summed E-state index contributed by atoms with van der Waals surface area (Å²) in [4.78, 5) is 27.5. The standard InChI is InChI=1S/C16H22N4O6S/c1-19(2)13-5-4-10(27(17,24)25)8-12(13)18-14-11(16(23)26-3)9-20(6-7-21)15(14)22/h4-5,8,18,21H,6-7,9H2,1-3H3,(H2,17,24,25). The van der Waals surface area contributed by atoms with Crippen molar-refractivity contribution in [2.24, 2.45) is 5.14 Å². The molecule has 10 nitrogen and oxygen atoms in total. The number of carbonyl (C=O) groups excluding carboxylic acids is 2. The molecule has 0 bridgehead atoms. The summed E-state index contributed by atoms with van der Waals surface area (Å²) in [6.45, 7) is -0.250. The first-order valence-corrected chi connectivity index (χ1v) is 9.47. The number of esters is 1. The minimum absolute atomic E-state index is 0.0272. The van der Waals surface area contributed by atoms with Crippen molar-refractivity contribution in [3.05, 3.63) is 29.5 Å². The Labute approximate surface area is 157 Å². The summed E-state index contributed by atoms with van der Waals surface area (Å²) in [5.74, 6) is -1.20. The molecule has 1 aliphatic rings. The van der Waals surface area contributed by atoms with Crippen molar-refractivity contribution in [2.45, 2.75) is 4.90 Å². The van der Waals surface area contributed by atoms with Gasteiger partial charge in [-0.25, -0.2) is 18.4 Å². The summed E-state index contributed by atoms with van der Waals surface area (Å²) >= 11 is 0. The van der Waals surface area contributed by atoms with Crippen molar-refractivity contribution in [3.8, 4) is 0 Å². The molecule has 2 rings (SSSR count). The molecule has 148 valence electrons. The van der Waals surface area contributed by atoms with Crippen LogP contribution in [0.3, 0.4) is 0 Å². The number of sulfonamides is 1. The first-order valence-electron chi connectivity index (χ1n) is 7.93. The van der Waals surface area contributed by atoms with E-state index >= 15 is 0 Å². The van der Waals surface area contributed by atoms with E-state index in [0.29, 0.717) is 5.69 Å². The molecule has 0 atom stereocenters. The fraction of sp³-hybridized carbons (Fsp3) is 0.375. The van der Waals surface area contributed by atoms with Gasteiger partial charge >= 0.3 is 5.97 Å². The third-order valence-corrected chi connectivity index (χ3v) is 4.90. The Bertz CT molecular complexity index is 894. The Kier molecular flexibility index (Phi) is 6.08. The molecule has 0 fully saturated rings. The Morgan fingerprint density at radius 1 is 1.41 bits per heavy atom. The summed E-state index contributed by atoms with van der Waals surface area (Å²) < 4.78 is 28.1. The number of ether oxygens (including phenoxy) is 1. The van der Waals surface area contributed by atoms with Crippen molar-refractivity contribution >= 4 is 33.3 Å². The summed E-state index contributed by atoms with van der Waals surface area (Å²) in [5.41, 5.74) is 0.904. The second-order valence-electron chi connectivity index (χ2n) is 6.04. The maximum absolute atomic E-state index is 12.6. The maximum Gasteiger partial charge on any atom is 0.337 e. The van der Waals surface area contributed by atoms with E-state index in [0.717, 1.165) is 0 Å². The molecule has 1 heterocycles. The first kappa shape index (κ1) is 20.7. The smallest absolute Gasteiger partial charge is 0.337 e. The molecule has 4 N–H and O–H groups in total. The minimum atomic E-state index is -3.96. The number of nitrogens with one attached hydrogen (secondary N) is 1. The van der Waals surface area contributed by atoms with Gasteiger partial charge in [-0.3, -0.25) is 4.79 Å². The highest BCUT2D eigenvalue weighted by Crippen LogP contribution is 2.31. The number of nitrogens with zero attached hydrogens (tertiary/aromatic N) is 2. The number of anilines is 2. The van der Waals surface area contributed by atoms with Gasteiger partial charge in [0, 0.05) is 20.6 Å². The van der Waals surface area contributed by atoms with E-state index in [2.05, 4.69) is 5.32 Å². The van der Waals surface area contributed by atoms with Crippen LogP contribution >= 0.6 is 0 Å². The Morgan fingerprint density at radius 2 is 2.07 bits per heavy atom. The zero-order valence-electron chi connectivity index (χ0n) is 15.2. The predicted molar refractivity (Wildman–Crippen MR) is 98.5 cm³/mol. The largest absolute Gasteiger partial charge is 0.466 e. The third-order valence-electron chi connectivity index (χ3n) is 3.99. The first-order chi connectivity index (χ1) is 12.6. The van der Waals surface area contributed by atoms with E-state index in [1.165, 1.54) is 30.2 Å². The van der Waals surface area contributed by atoms with Gasteiger partial charge in [0.2, 0.25) is 10.0 Å². The number of β-amino-alcohol motifs (C(OH)–C–C–N with tert-alkyl or cyclic N) is 1. The number of amides is 1. The topological polar surface area (TPSA) is 142 Å². The number of aliphatic hydroxyl groups is 1. The number of rotatable bonds is 7. The molecule has 0 radical (unpaired) electrons. The second-order valence-corrected chi connectivity index (χ2v) is 7.60. The molecular weight excluding hydrogens is 376 g/mol. The number of methoxy groups -OCH3 is 1. The van der Waals surface area contributed by atoms with Crippen molar-refractivity contribution in [1.29, 1.82) is 0 Å². The van der Waals surface area contributed by atoms with Crippen molar-refractivity contribution < 1.29 is 27.9 Å². The molecule has 27 heavy (non-hydrogen) atoms. The number of benzene rings is 1. The molecule has 1 aromatic rings. The summed E-state index contributed by atoms with van der Waals surface area (Å²) in [6.07, 6.45) is 0. The Morgan fingerprint density at radius 3 is 2.59 bits per heavy atom. The van der Waals surface area contributed by atoms with Crippen LogP contribution in [0.2, 0.25) is 0 Å². The van der Waals surface area contributed by atoms with Gasteiger partial charge in [0.15, 0.2) is 0 Å².